The van der Waals surface area contributed by atoms with Crippen LogP contribution < -0.4 is 15.5 Å². The second kappa shape index (κ2) is 9.23. The van der Waals surface area contributed by atoms with Crippen molar-refractivity contribution in [3.8, 4) is 0 Å². The number of methoxy groups -OCH3 is 1. The molecule has 0 spiro atoms. The minimum atomic E-state index is -0.442. The Labute approximate surface area is 165 Å². The number of carbonyl (C=O) groups is 2. The summed E-state index contributed by atoms with van der Waals surface area (Å²) in [5.74, 6) is -0.630. The fraction of sp³-hybridized carbons (Fsp3) is 0.333. The molecule has 0 saturated carbocycles. The number of piperazine rings is 1. The number of nitrogens with zero attached hydrogens (tertiary/aromatic N) is 2. The maximum absolute atomic E-state index is 12.3. The number of rotatable bonds is 6. The van der Waals surface area contributed by atoms with Gasteiger partial charge >= 0.3 is 5.97 Å². The molecule has 2 aromatic carbocycles. The van der Waals surface area contributed by atoms with E-state index in [-0.39, 0.29) is 12.5 Å². The van der Waals surface area contributed by atoms with E-state index < -0.39 is 5.97 Å². The Morgan fingerprint density at radius 1 is 1.00 bits per heavy atom. The standard InChI is InChI=1S/C21H26N4O3/c1-24-11-13-25(14-12-24)17-9-7-16(8-10-17)23-20(26)15-22-19-6-4-3-5-18(19)21(27)28-2/h3-10,22H,11-15H2,1-2H3,(H,23,26). The number of hydrogen-bond acceptors (Lipinski definition) is 6. The summed E-state index contributed by atoms with van der Waals surface area (Å²) in [6.07, 6.45) is 0. The third-order valence-electron chi connectivity index (χ3n) is 4.79. The third kappa shape index (κ3) is 5.01. The summed E-state index contributed by atoms with van der Waals surface area (Å²) < 4.78 is 4.76. The lowest BCUT2D eigenvalue weighted by Gasteiger charge is -2.34. The van der Waals surface area contributed by atoms with Crippen molar-refractivity contribution in [3.63, 3.8) is 0 Å². The summed E-state index contributed by atoms with van der Waals surface area (Å²) in [5.41, 5.74) is 2.87. The maximum Gasteiger partial charge on any atom is 0.339 e. The van der Waals surface area contributed by atoms with Crippen LogP contribution in [-0.2, 0) is 9.53 Å². The number of anilines is 3. The van der Waals surface area contributed by atoms with Crippen LogP contribution in [0.3, 0.4) is 0 Å². The van der Waals surface area contributed by atoms with Crippen LogP contribution in [0.4, 0.5) is 17.1 Å². The highest BCUT2D eigenvalue weighted by molar-refractivity contribution is 5.98. The molecule has 0 unspecified atom stereocenters. The van der Waals surface area contributed by atoms with Gasteiger partial charge in [-0.05, 0) is 43.4 Å². The van der Waals surface area contributed by atoms with E-state index in [1.54, 1.807) is 24.3 Å². The number of esters is 1. The first-order valence-corrected chi connectivity index (χ1v) is 9.31. The molecule has 7 heteroatoms. The highest BCUT2D eigenvalue weighted by Gasteiger charge is 2.14. The van der Waals surface area contributed by atoms with Gasteiger partial charge in [-0.2, -0.15) is 0 Å². The molecule has 2 N–H and O–H groups in total. The number of para-hydroxylation sites is 1. The topological polar surface area (TPSA) is 73.9 Å². The fourth-order valence-corrected chi connectivity index (χ4v) is 3.13. The van der Waals surface area contributed by atoms with Gasteiger partial charge in [-0.1, -0.05) is 12.1 Å². The van der Waals surface area contributed by atoms with Crippen molar-refractivity contribution in [1.82, 2.24) is 4.90 Å². The van der Waals surface area contributed by atoms with Crippen molar-refractivity contribution in [2.45, 2.75) is 0 Å². The summed E-state index contributed by atoms with van der Waals surface area (Å²) in [5, 5.41) is 5.86. The van der Waals surface area contributed by atoms with Crippen LogP contribution in [0.25, 0.3) is 0 Å². The number of amides is 1. The molecule has 1 fully saturated rings. The number of hydrogen-bond donors (Lipinski definition) is 2. The largest absolute Gasteiger partial charge is 0.465 e. The zero-order chi connectivity index (χ0) is 19.9. The van der Waals surface area contributed by atoms with Crippen LogP contribution >= 0.6 is 0 Å². The van der Waals surface area contributed by atoms with Crippen LogP contribution in [0, 0.1) is 0 Å². The first-order valence-electron chi connectivity index (χ1n) is 9.31. The molecular formula is C21H26N4O3. The lowest BCUT2D eigenvalue weighted by Crippen LogP contribution is -2.44. The second-order valence-electron chi connectivity index (χ2n) is 6.78. The monoisotopic (exact) mass is 382 g/mol. The summed E-state index contributed by atoms with van der Waals surface area (Å²) in [6.45, 7) is 4.17. The van der Waals surface area contributed by atoms with Crippen LogP contribution in [0.5, 0.6) is 0 Å². The molecule has 28 heavy (non-hydrogen) atoms. The Kier molecular flexibility index (Phi) is 6.49. The Bertz CT molecular complexity index is 815. The van der Waals surface area contributed by atoms with Gasteiger partial charge in [0.1, 0.15) is 0 Å². The molecular weight excluding hydrogens is 356 g/mol. The Morgan fingerprint density at radius 3 is 2.36 bits per heavy atom. The SMILES string of the molecule is COC(=O)c1ccccc1NCC(=O)Nc1ccc(N2CCN(C)CC2)cc1. The first-order chi connectivity index (χ1) is 13.6. The maximum atomic E-state index is 12.3. The van der Waals surface area contributed by atoms with Crippen molar-refractivity contribution in [3.05, 3.63) is 54.1 Å². The molecule has 148 valence electrons. The van der Waals surface area contributed by atoms with Crippen LogP contribution in [0.1, 0.15) is 10.4 Å². The molecule has 1 aliphatic heterocycles. The molecule has 0 atom stereocenters. The van der Waals surface area contributed by atoms with Gasteiger partial charge in [0.05, 0.1) is 19.2 Å². The van der Waals surface area contributed by atoms with Crippen molar-refractivity contribution < 1.29 is 14.3 Å². The molecule has 0 aromatic heterocycles. The van der Waals surface area contributed by atoms with Gasteiger partial charge in [0.15, 0.2) is 0 Å². The van der Waals surface area contributed by atoms with E-state index in [0.29, 0.717) is 11.3 Å². The summed E-state index contributed by atoms with van der Waals surface area (Å²) in [4.78, 5) is 28.7. The smallest absolute Gasteiger partial charge is 0.339 e. The van der Waals surface area contributed by atoms with Gasteiger partial charge < -0.3 is 25.2 Å². The number of benzene rings is 2. The van der Waals surface area contributed by atoms with Crippen LogP contribution in [0.15, 0.2) is 48.5 Å². The quantitative estimate of drug-likeness (QED) is 0.747. The molecule has 0 bridgehead atoms. The summed E-state index contributed by atoms with van der Waals surface area (Å²) >= 11 is 0. The molecule has 1 heterocycles. The van der Waals surface area contributed by atoms with Gasteiger partial charge in [-0.15, -0.1) is 0 Å². The highest BCUT2D eigenvalue weighted by atomic mass is 16.5. The van der Waals surface area contributed by atoms with E-state index in [4.69, 9.17) is 4.74 Å². The van der Waals surface area contributed by atoms with Crippen molar-refractivity contribution in [2.24, 2.45) is 0 Å². The van der Waals surface area contributed by atoms with Crippen LogP contribution in [0.2, 0.25) is 0 Å². The minimum absolute atomic E-state index is 0.0498. The summed E-state index contributed by atoms with van der Waals surface area (Å²) in [6, 6.07) is 14.8. The lowest BCUT2D eigenvalue weighted by molar-refractivity contribution is -0.114. The predicted octanol–water partition coefficient (Wildman–Crippen LogP) is 2.28. The number of likely N-dealkylation sites (N-methyl/N-ethyl adjacent to an activating group) is 1. The van der Waals surface area contributed by atoms with Crippen molar-refractivity contribution in [1.29, 1.82) is 0 Å². The number of ether oxygens (including phenoxy) is 1. The van der Waals surface area contributed by atoms with Gasteiger partial charge in [0, 0.05) is 43.2 Å². The average molecular weight is 382 g/mol. The zero-order valence-electron chi connectivity index (χ0n) is 16.3. The van der Waals surface area contributed by atoms with E-state index in [9.17, 15) is 9.59 Å². The Balaban J connectivity index is 1.53. The molecule has 2 aromatic rings. The predicted molar refractivity (Wildman–Crippen MR) is 111 cm³/mol. The molecule has 1 amide bonds. The Hall–Kier alpha value is -3.06. The van der Waals surface area contributed by atoms with E-state index in [0.717, 1.165) is 37.6 Å². The van der Waals surface area contributed by atoms with E-state index in [1.165, 1.54) is 7.11 Å². The molecule has 3 rings (SSSR count). The first kappa shape index (κ1) is 19.7. The van der Waals surface area contributed by atoms with Crippen molar-refractivity contribution >= 4 is 28.9 Å². The molecule has 1 aliphatic rings. The molecule has 0 radical (unpaired) electrons. The van der Waals surface area contributed by atoms with Crippen molar-refractivity contribution in [2.75, 3.05) is 62.4 Å². The molecule has 1 saturated heterocycles. The second-order valence-corrected chi connectivity index (χ2v) is 6.78. The third-order valence-corrected chi connectivity index (χ3v) is 4.79. The van der Waals surface area contributed by atoms with E-state index in [2.05, 4.69) is 27.5 Å². The fourth-order valence-electron chi connectivity index (χ4n) is 3.13. The van der Waals surface area contributed by atoms with Gasteiger partial charge in [-0.3, -0.25) is 4.79 Å². The van der Waals surface area contributed by atoms with E-state index in [1.807, 2.05) is 24.3 Å². The summed E-state index contributed by atoms with van der Waals surface area (Å²) in [7, 11) is 3.46. The highest BCUT2D eigenvalue weighted by Crippen LogP contribution is 2.20. The minimum Gasteiger partial charge on any atom is -0.465 e. The average Bonchev–Trinajstić information content (AvgIpc) is 2.73. The Morgan fingerprint density at radius 2 is 1.68 bits per heavy atom. The lowest BCUT2D eigenvalue weighted by atomic mass is 10.2. The van der Waals surface area contributed by atoms with Gasteiger partial charge in [0.2, 0.25) is 5.91 Å². The zero-order valence-corrected chi connectivity index (χ0v) is 16.3. The molecule has 0 aliphatic carbocycles. The molecule has 7 nitrogen and oxygen atoms in total. The normalized spacial score (nSPS) is 14.4. The number of carbonyl (C=O) groups excluding carboxylic acids is 2. The van der Waals surface area contributed by atoms with Gasteiger partial charge in [0.25, 0.3) is 0 Å². The van der Waals surface area contributed by atoms with Gasteiger partial charge in [-0.25, -0.2) is 4.79 Å². The number of nitrogens with one attached hydrogen (secondary N) is 2. The van der Waals surface area contributed by atoms with Crippen LogP contribution in [-0.4, -0.2) is 63.7 Å². The van der Waals surface area contributed by atoms with E-state index >= 15 is 0 Å².